The van der Waals surface area contributed by atoms with Crippen LogP contribution in [0.3, 0.4) is 0 Å². The number of hydrogen-bond acceptors (Lipinski definition) is 5. The van der Waals surface area contributed by atoms with E-state index in [1.807, 2.05) is 36.4 Å². The maximum Gasteiger partial charge on any atom is 0.255 e. The molecule has 7 nitrogen and oxygen atoms in total. The van der Waals surface area contributed by atoms with Gasteiger partial charge in [0.2, 0.25) is 11.8 Å². The lowest BCUT2D eigenvalue weighted by Crippen LogP contribution is -2.52. The van der Waals surface area contributed by atoms with E-state index >= 15 is 0 Å². The van der Waals surface area contributed by atoms with E-state index in [9.17, 15) is 14.4 Å². The Balaban J connectivity index is 1.25. The number of nitrogens with zero attached hydrogens (tertiary/aromatic N) is 1. The normalized spacial score (nSPS) is 25.0. The summed E-state index contributed by atoms with van der Waals surface area (Å²) >= 11 is 0. The molecule has 2 aromatic rings. The van der Waals surface area contributed by atoms with Crippen LogP contribution in [0.1, 0.15) is 60.0 Å². The Kier molecular flexibility index (Phi) is 6.13. The van der Waals surface area contributed by atoms with Gasteiger partial charge in [-0.15, -0.1) is 0 Å². The maximum absolute atomic E-state index is 12.9. The largest absolute Gasteiger partial charge is 0.380 e. The van der Waals surface area contributed by atoms with Crippen molar-refractivity contribution in [2.24, 2.45) is 0 Å². The van der Waals surface area contributed by atoms with E-state index in [1.165, 1.54) is 5.56 Å². The van der Waals surface area contributed by atoms with Crippen LogP contribution in [0, 0.1) is 0 Å². The third-order valence-corrected chi connectivity index (χ3v) is 6.89. The Morgan fingerprint density at radius 2 is 1.82 bits per heavy atom. The molecule has 1 unspecified atom stereocenters. The smallest absolute Gasteiger partial charge is 0.255 e. The Labute approximate surface area is 193 Å². The molecule has 3 aliphatic rings. The van der Waals surface area contributed by atoms with Gasteiger partial charge < -0.3 is 15.0 Å². The number of nitrogens with one attached hydrogen (secondary N) is 2. The fourth-order valence-electron chi connectivity index (χ4n) is 5.12. The van der Waals surface area contributed by atoms with Gasteiger partial charge in [0, 0.05) is 24.2 Å². The van der Waals surface area contributed by atoms with Crippen molar-refractivity contribution in [1.29, 1.82) is 0 Å². The van der Waals surface area contributed by atoms with E-state index in [0.717, 1.165) is 36.9 Å². The number of carbonyl (C=O) groups is 3. The molecule has 172 valence electrons. The zero-order chi connectivity index (χ0) is 22.8. The monoisotopic (exact) mass is 447 g/mol. The molecule has 2 aliphatic heterocycles. The number of hydrogen-bond donors (Lipinski definition) is 2. The van der Waals surface area contributed by atoms with Gasteiger partial charge in [0.25, 0.3) is 5.91 Å². The number of ether oxygens (including phenoxy) is 1. The summed E-state index contributed by atoms with van der Waals surface area (Å²) in [5, 5.41) is 5.99. The Morgan fingerprint density at radius 1 is 1.00 bits per heavy atom. The second-order valence-corrected chi connectivity index (χ2v) is 9.14. The second kappa shape index (κ2) is 9.35. The lowest BCUT2D eigenvalue weighted by Gasteiger charge is -2.33. The van der Waals surface area contributed by atoms with Crippen molar-refractivity contribution in [3.8, 4) is 0 Å². The number of piperidine rings is 1. The fourth-order valence-corrected chi connectivity index (χ4v) is 5.12. The molecule has 0 spiro atoms. The third-order valence-electron chi connectivity index (χ3n) is 6.89. The molecule has 1 aliphatic carbocycles. The molecule has 3 atom stereocenters. The summed E-state index contributed by atoms with van der Waals surface area (Å²) < 4.78 is 6.28. The minimum Gasteiger partial charge on any atom is -0.380 e. The number of rotatable bonds is 6. The summed E-state index contributed by atoms with van der Waals surface area (Å²) in [5.74, 6) is -0.803. The van der Waals surface area contributed by atoms with Gasteiger partial charge in [-0.2, -0.15) is 0 Å². The molecule has 2 aromatic carbocycles. The van der Waals surface area contributed by atoms with Crippen LogP contribution in [-0.2, 0) is 27.5 Å². The minimum absolute atomic E-state index is 0.133. The third kappa shape index (κ3) is 4.64. The van der Waals surface area contributed by atoms with Crippen molar-refractivity contribution in [2.45, 2.75) is 69.9 Å². The quantitative estimate of drug-likeness (QED) is 0.663. The number of fused-ring (bicyclic) bond motifs is 1. The van der Waals surface area contributed by atoms with Crippen LogP contribution in [0.25, 0.3) is 0 Å². The van der Waals surface area contributed by atoms with Gasteiger partial charge >= 0.3 is 0 Å². The summed E-state index contributed by atoms with van der Waals surface area (Å²) in [7, 11) is 0. The highest BCUT2D eigenvalue weighted by Gasteiger charge is 2.39. The molecular weight excluding hydrogens is 418 g/mol. The number of amides is 3. The number of benzene rings is 2. The first-order valence-corrected chi connectivity index (χ1v) is 11.8. The molecule has 1 saturated heterocycles. The highest BCUT2D eigenvalue weighted by Crippen LogP contribution is 2.31. The van der Waals surface area contributed by atoms with E-state index in [1.54, 1.807) is 4.90 Å². The van der Waals surface area contributed by atoms with Gasteiger partial charge in [-0.05, 0) is 48.6 Å². The van der Waals surface area contributed by atoms with Crippen molar-refractivity contribution < 1.29 is 19.1 Å². The zero-order valence-electron chi connectivity index (χ0n) is 18.6. The van der Waals surface area contributed by atoms with Crippen LogP contribution in [0.2, 0.25) is 0 Å². The molecule has 3 amide bonds. The predicted molar refractivity (Wildman–Crippen MR) is 123 cm³/mol. The van der Waals surface area contributed by atoms with Crippen molar-refractivity contribution in [2.75, 3.05) is 5.32 Å². The molecule has 0 aromatic heterocycles. The highest BCUT2D eigenvalue weighted by atomic mass is 16.5. The van der Waals surface area contributed by atoms with Gasteiger partial charge in [-0.3, -0.25) is 19.7 Å². The van der Waals surface area contributed by atoms with Gasteiger partial charge in [0.1, 0.15) is 6.04 Å². The molecule has 2 fully saturated rings. The number of anilines is 1. The molecular formula is C26H29N3O4. The van der Waals surface area contributed by atoms with E-state index in [2.05, 4.69) is 22.8 Å². The summed E-state index contributed by atoms with van der Waals surface area (Å²) in [6.45, 7) is 0.984. The topological polar surface area (TPSA) is 87.7 Å². The molecule has 0 radical (unpaired) electrons. The van der Waals surface area contributed by atoms with E-state index in [-0.39, 0.29) is 36.3 Å². The Morgan fingerprint density at radius 3 is 2.64 bits per heavy atom. The van der Waals surface area contributed by atoms with Crippen LogP contribution in [0.5, 0.6) is 0 Å². The molecule has 33 heavy (non-hydrogen) atoms. The van der Waals surface area contributed by atoms with Crippen LogP contribution < -0.4 is 10.6 Å². The van der Waals surface area contributed by atoms with Crippen molar-refractivity contribution >= 4 is 23.4 Å². The molecule has 7 heteroatoms. The first-order chi connectivity index (χ1) is 16.1. The standard InChI is InChI=1S/C26H29N3O4/c30-24-13-12-22(25(31)28-24)29-15-18-14-19(10-11-20(18)26(29)32)27-21-8-4-5-9-23(21)33-16-17-6-2-1-3-7-17/h1-3,6-7,10-11,14,21-23,27H,4-5,8-9,12-13,15-16H2,(H,28,30,31)/t21-,22?,23-/m0/s1. The zero-order valence-corrected chi connectivity index (χ0v) is 18.6. The van der Waals surface area contributed by atoms with E-state index < -0.39 is 6.04 Å². The summed E-state index contributed by atoms with van der Waals surface area (Å²) in [6.07, 6.45) is 5.16. The molecule has 2 heterocycles. The lowest BCUT2D eigenvalue weighted by molar-refractivity contribution is -0.136. The van der Waals surface area contributed by atoms with Crippen molar-refractivity contribution in [1.82, 2.24) is 10.2 Å². The summed E-state index contributed by atoms with van der Waals surface area (Å²) in [6, 6.07) is 15.6. The Hall–Kier alpha value is -3.19. The van der Waals surface area contributed by atoms with Crippen LogP contribution in [0.15, 0.2) is 48.5 Å². The Bertz CT molecular complexity index is 1050. The molecule has 0 bridgehead atoms. The first-order valence-electron chi connectivity index (χ1n) is 11.8. The van der Waals surface area contributed by atoms with Gasteiger partial charge in [-0.1, -0.05) is 43.2 Å². The van der Waals surface area contributed by atoms with E-state index in [4.69, 9.17) is 4.74 Å². The molecule has 1 saturated carbocycles. The summed E-state index contributed by atoms with van der Waals surface area (Å²) in [5.41, 5.74) is 3.68. The van der Waals surface area contributed by atoms with Gasteiger partial charge in [0.05, 0.1) is 18.8 Å². The number of imide groups is 1. The highest BCUT2D eigenvalue weighted by molar-refractivity contribution is 6.05. The van der Waals surface area contributed by atoms with Crippen molar-refractivity contribution in [3.05, 3.63) is 65.2 Å². The summed E-state index contributed by atoms with van der Waals surface area (Å²) in [4.78, 5) is 38.2. The molecule has 5 rings (SSSR count). The lowest BCUT2D eigenvalue weighted by atomic mass is 9.92. The van der Waals surface area contributed by atoms with Crippen LogP contribution >= 0.6 is 0 Å². The average molecular weight is 448 g/mol. The fraction of sp³-hybridized carbons (Fsp3) is 0.423. The maximum atomic E-state index is 12.9. The average Bonchev–Trinajstić information content (AvgIpc) is 3.14. The molecule has 2 N–H and O–H groups in total. The van der Waals surface area contributed by atoms with Crippen LogP contribution in [0.4, 0.5) is 5.69 Å². The first kappa shape index (κ1) is 21.6. The second-order valence-electron chi connectivity index (χ2n) is 9.14. The number of carbonyl (C=O) groups excluding carboxylic acids is 3. The van der Waals surface area contributed by atoms with Gasteiger partial charge in [0.15, 0.2) is 0 Å². The SMILES string of the molecule is O=C1CCC(N2Cc3cc(N[C@H]4CCCC[C@@H]4OCc4ccccc4)ccc3C2=O)C(=O)N1. The van der Waals surface area contributed by atoms with Crippen molar-refractivity contribution in [3.63, 3.8) is 0 Å². The minimum atomic E-state index is -0.590. The predicted octanol–water partition coefficient (Wildman–Crippen LogP) is 3.39. The van der Waals surface area contributed by atoms with Gasteiger partial charge in [-0.25, -0.2) is 0 Å². The van der Waals surface area contributed by atoms with Crippen LogP contribution in [-0.4, -0.2) is 40.8 Å². The van der Waals surface area contributed by atoms with E-state index in [0.29, 0.717) is 25.1 Å².